The SMILES string of the molecule is C=CCOC(=O)C1=C(CO)CSC2C(NC(=O)Cc3cccs3)C(=O)N12. The first-order valence-corrected chi connectivity index (χ1v) is 9.87. The zero-order valence-electron chi connectivity index (χ0n) is 13.8. The topological polar surface area (TPSA) is 95.9 Å². The molecule has 2 aliphatic heterocycles. The van der Waals surface area contributed by atoms with E-state index in [0.717, 1.165) is 4.88 Å². The Hall–Kier alpha value is -2.10. The molecule has 0 saturated carbocycles. The van der Waals surface area contributed by atoms with Crippen molar-refractivity contribution < 1.29 is 24.2 Å². The van der Waals surface area contributed by atoms with Crippen molar-refractivity contribution in [3.8, 4) is 0 Å². The Labute approximate surface area is 158 Å². The molecular formula is C17H18N2O5S2. The first kappa shape index (κ1) is 18.7. The van der Waals surface area contributed by atoms with Gasteiger partial charge >= 0.3 is 5.97 Å². The third kappa shape index (κ3) is 3.55. The van der Waals surface area contributed by atoms with Crippen molar-refractivity contribution in [2.24, 2.45) is 0 Å². The molecule has 0 bridgehead atoms. The van der Waals surface area contributed by atoms with Crippen molar-refractivity contribution in [3.05, 3.63) is 46.3 Å². The zero-order chi connectivity index (χ0) is 18.7. The van der Waals surface area contributed by atoms with Crippen molar-refractivity contribution in [3.63, 3.8) is 0 Å². The number of aliphatic hydroxyl groups is 1. The van der Waals surface area contributed by atoms with Gasteiger partial charge in [0.05, 0.1) is 13.0 Å². The van der Waals surface area contributed by atoms with Crippen LogP contribution >= 0.6 is 23.1 Å². The van der Waals surface area contributed by atoms with Crippen molar-refractivity contribution >= 4 is 40.9 Å². The van der Waals surface area contributed by atoms with E-state index in [9.17, 15) is 19.5 Å². The maximum absolute atomic E-state index is 12.5. The van der Waals surface area contributed by atoms with E-state index in [1.54, 1.807) is 0 Å². The maximum Gasteiger partial charge on any atom is 0.355 e. The monoisotopic (exact) mass is 394 g/mol. The number of hydrogen-bond acceptors (Lipinski definition) is 7. The lowest BCUT2D eigenvalue weighted by Gasteiger charge is -2.49. The maximum atomic E-state index is 12.5. The van der Waals surface area contributed by atoms with Crippen LogP contribution in [-0.4, -0.2) is 58.2 Å². The summed E-state index contributed by atoms with van der Waals surface area (Å²) < 4.78 is 5.04. The van der Waals surface area contributed by atoms with Crippen molar-refractivity contribution in [1.29, 1.82) is 0 Å². The average Bonchev–Trinajstić information content (AvgIpc) is 3.15. The van der Waals surface area contributed by atoms with Gasteiger partial charge in [0.2, 0.25) is 5.91 Å². The lowest BCUT2D eigenvalue weighted by atomic mass is 10.0. The first-order valence-electron chi connectivity index (χ1n) is 7.94. The van der Waals surface area contributed by atoms with E-state index < -0.39 is 12.0 Å². The van der Waals surface area contributed by atoms with Crippen molar-refractivity contribution in [1.82, 2.24) is 10.2 Å². The molecule has 3 rings (SSSR count). The second-order valence-corrected chi connectivity index (χ2v) is 7.85. The molecule has 1 aromatic rings. The van der Waals surface area contributed by atoms with Crippen molar-refractivity contribution in [2.75, 3.05) is 19.0 Å². The Bertz CT molecular complexity index is 759. The van der Waals surface area contributed by atoms with Crippen LogP contribution in [0.25, 0.3) is 0 Å². The zero-order valence-corrected chi connectivity index (χ0v) is 15.5. The van der Waals surface area contributed by atoms with Crippen LogP contribution in [0.5, 0.6) is 0 Å². The number of esters is 1. The summed E-state index contributed by atoms with van der Waals surface area (Å²) in [5.74, 6) is -0.895. The summed E-state index contributed by atoms with van der Waals surface area (Å²) >= 11 is 2.88. The Balaban J connectivity index is 1.69. The fraction of sp³-hybridized carbons (Fsp3) is 0.353. The summed E-state index contributed by atoms with van der Waals surface area (Å²) in [6, 6.07) is 3.04. The molecule has 9 heteroatoms. The fourth-order valence-corrected chi connectivity index (χ4v) is 4.83. The molecule has 2 unspecified atom stereocenters. The fourth-order valence-electron chi connectivity index (χ4n) is 2.79. The number of aliphatic hydroxyl groups excluding tert-OH is 1. The van der Waals surface area contributed by atoms with Gasteiger partial charge in [-0.3, -0.25) is 14.5 Å². The van der Waals surface area contributed by atoms with E-state index in [2.05, 4.69) is 11.9 Å². The Morgan fingerprint density at radius 2 is 2.31 bits per heavy atom. The highest BCUT2D eigenvalue weighted by Crippen LogP contribution is 2.40. The summed E-state index contributed by atoms with van der Waals surface area (Å²) in [6.07, 6.45) is 1.64. The lowest BCUT2D eigenvalue weighted by Crippen LogP contribution is -2.70. The molecule has 138 valence electrons. The van der Waals surface area contributed by atoms with Gasteiger partial charge in [0, 0.05) is 10.6 Å². The molecule has 0 aliphatic carbocycles. The van der Waals surface area contributed by atoms with Crippen LogP contribution in [-0.2, 0) is 25.5 Å². The second-order valence-electron chi connectivity index (χ2n) is 5.71. The van der Waals surface area contributed by atoms with Gasteiger partial charge < -0.3 is 15.2 Å². The minimum absolute atomic E-state index is 0.0157. The summed E-state index contributed by atoms with van der Waals surface area (Å²) in [5.41, 5.74) is 0.517. The highest BCUT2D eigenvalue weighted by Gasteiger charge is 2.54. The number of fused-ring (bicyclic) bond motifs is 1. The predicted octanol–water partition coefficient (Wildman–Crippen LogP) is 0.666. The smallest absolute Gasteiger partial charge is 0.355 e. The van der Waals surface area contributed by atoms with Crippen LogP contribution in [0.15, 0.2) is 41.4 Å². The minimum atomic E-state index is -0.685. The number of carbonyl (C=O) groups excluding carboxylic acids is 3. The van der Waals surface area contributed by atoms with Gasteiger partial charge in [-0.1, -0.05) is 18.7 Å². The largest absolute Gasteiger partial charge is 0.457 e. The molecule has 2 N–H and O–H groups in total. The van der Waals surface area contributed by atoms with E-state index in [-0.39, 0.29) is 42.5 Å². The van der Waals surface area contributed by atoms with Gasteiger partial charge in [-0.2, -0.15) is 0 Å². The van der Waals surface area contributed by atoms with E-state index in [4.69, 9.17) is 4.74 Å². The van der Waals surface area contributed by atoms with Gasteiger partial charge in [-0.15, -0.1) is 23.1 Å². The number of ether oxygens (including phenoxy) is 1. The normalized spacial score (nSPS) is 21.7. The van der Waals surface area contributed by atoms with Gasteiger partial charge in [-0.25, -0.2) is 4.79 Å². The predicted molar refractivity (Wildman–Crippen MR) is 98.3 cm³/mol. The standard InChI is InChI=1S/C17H18N2O5S2/c1-2-5-24-17(23)14-10(8-20)9-26-16-13(15(22)19(14)16)18-12(21)7-11-4-3-6-25-11/h2-4,6,13,16,20H,1,5,7-9H2,(H,18,21). The van der Waals surface area contributed by atoms with Crippen LogP contribution in [0.2, 0.25) is 0 Å². The number of rotatable bonds is 7. The molecular weight excluding hydrogens is 376 g/mol. The number of hydrogen-bond donors (Lipinski definition) is 2. The van der Waals surface area contributed by atoms with Gasteiger partial charge in [0.25, 0.3) is 5.91 Å². The van der Waals surface area contributed by atoms with Gasteiger partial charge in [0.15, 0.2) is 0 Å². The minimum Gasteiger partial charge on any atom is -0.457 e. The van der Waals surface area contributed by atoms with E-state index in [1.165, 1.54) is 34.1 Å². The summed E-state index contributed by atoms with van der Waals surface area (Å²) in [4.78, 5) is 39.2. The van der Waals surface area contributed by atoms with E-state index >= 15 is 0 Å². The van der Waals surface area contributed by atoms with Crippen LogP contribution in [0.3, 0.4) is 0 Å². The number of thioether (sulfide) groups is 1. The first-order chi connectivity index (χ1) is 12.6. The van der Waals surface area contributed by atoms with E-state index in [1.807, 2.05) is 17.5 Å². The average molecular weight is 394 g/mol. The highest BCUT2D eigenvalue weighted by molar-refractivity contribution is 8.00. The molecule has 7 nitrogen and oxygen atoms in total. The van der Waals surface area contributed by atoms with Gasteiger partial charge in [-0.05, 0) is 17.0 Å². The van der Waals surface area contributed by atoms with Crippen LogP contribution < -0.4 is 5.32 Å². The molecule has 0 aromatic carbocycles. The molecule has 1 saturated heterocycles. The Kier molecular flexibility index (Phi) is 5.80. The molecule has 3 heterocycles. The number of nitrogens with one attached hydrogen (secondary N) is 1. The van der Waals surface area contributed by atoms with Crippen molar-refractivity contribution in [2.45, 2.75) is 17.8 Å². The third-order valence-corrected chi connectivity index (χ3v) is 6.21. The third-order valence-electron chi connectivity index (χ3n) is 4.00. The molecule has 2 aliphatic rings. The lowest BCUT2D eigenvalue weighted by molar-refractivity contribution is -0.152. The Morgan fingerprint density at radius 3 is 2.96 bits per heavy atom. The van der Waals surface area contributed by atoms with Crippen LogP contribution in [0.1, 0.15) is 4.88 Å². The number of amides is 2. The summed E-state index contributed by atoms with van der Waals surface area (Å²) in [7, 11) is 0. The summed E-state index contributed by atoms with van der Waals surface area (Å²) in [6.45, 7) is 3.16. The molecule has 0 spiro atoms. The molecule has 0 radical (unpaired) electrons. The number of carbonyl (C=O) groups is 3. The molecule has 1 aromatic heterocycles. The quantitative estimate of drug-likeness (QED) is 0.401. The van der Waals surface area contributed by atoms with Crippen LogP contribution in [0, 0.1) is 0 Å². The Morgan fingerprint density at radius 1 is 1.50 bits per heavy atom. The number of β-lactam (4-membered cyclic amide) rings is 1. The highest BCUT2D eigenvalue weighted by atomic mass is 32.2. The summed E-state index contributed by atoms with van der Waals surface area (Å²) in [5, 5.41) is 13.7. The number of thiophene rings is 1. The molecule has 2 amide bonds. The van der Waals surface area contributed by atoms with Gasteiger partial charge in [0.1, 0.15) is 23.7 Å². The molecule has 26 heavy (non-hydrogen) atoms. The van der Waals surface area contributed by atoms with Crippen LogP contribution in [0.4, 0.5) is 0 Å². The second kappa shape index (κ2) is 8.07. The molecule has 1 fully saturated rings. The molecule has 2 atom stereocenters. The number of nitrogens with zero attached hydrogens (tertiary/aromatic N) is 1. The van der Waals surface area contributed by atoms with E-state index in [0.29, 0.717) is 11.3 Å².